The lowest BCUT2D eigenvalue weighted by Crippen LogP contribution is -2.59. The second-order valence-corrected chi connectivity index (χ2v) is 5.35. The number of ether oxygens (including phenoxy) is 1. The molecule has 0 aliphatic heterocycles. The molecule has 3 rings (SSSR count). The maximum absolute atomic E-state index is 12.5. The Morgan fingerprint density at radius 1 is 1.43 bits per heavy atom. The van der Waals surface area contributed by atoms with E-state index in [1.54, 1.807) is 17.6 Å². The summed E-state index contributed by atoms with van der Waals surface area (Å²) in [5, 5.41) is 6.98. The molecule has 21 heavy (non-hydrogen) atoms. The number of esters is 1. The number of fused-ring (bicyclic) bond motifs is 1. The number of amides is 1. The zero-order valence-electron chi connectivity index (χ0n) is 12.1. The Bertz CT molecular complexity index is 696. The minimum absolute atomic E-state index is 0.292. The number of carbonyl (C=O) groups excluding carboxylic acids is 2. The summed E-state index contributed by atoms with van der Waals surface area (Å²) in [6.07, 6.45) is 7.26. The van der Waals surface area contributed by atoms with Gasteiger partial charge in [-0.2, -0.15) is 5.10 Å². The predicted octanol–water partition coefficient (Wildman–Crippen LogP) is 0.888. The van der Waals surface area contributed by atoms with Crippen LogP contribution >= 0.6 is 0 Å². The summed E-state index contributed by atoms with van der Waals surface area (Å²) in [7, 11) is 1.85. The number of hydrogen-bond donors (Lipinski definition) is 1. The van der Waals surface area contributed by atoms with Crippen LogP contribution in [-0.4, -0.2) is 38.2 Å². The first-order valence-electron chi connectivity index (χ1n) is 7.06. The summed E-state index contributed by atoms with van der Waals surface area (Å²) in [5.74, 6) is -0.639. The highest BCUT2D eigenvalue weighted by Gasteiger charge is 2.47. The zero-order chi connectivity index (χ0) is 15.0. The maximum Gasteiger partial charge on any atom is 0.331 e. The first kappa shape index (κ1) is 13.7. The van der Waals surface area contributed by atoms with Crippen LogP contribution in [0.4, 0.5) is 0 Å². The first-order valence-corrected chi connectivity index (χ1v) is 7.06. The highest BCUT2D eigenvalue weighted by Crippen LogP contribution is 2.33. The molecule has 1 aliphatic carbocycles. The lowest BCUT2D eigenvalue weighted by atomic mass is 9.76. The number of aromatic nitrogens is 3. The molecule has 0 atom stereocenters. The third-order valence-electron chi connectivity index (χ3n) is 4.01. The number of nitrogens with one attached hydrogen (secondary N) is 1. The molecule has 0 bridgehead atoms. The van der Waals surface area contributed by atoms with E-state index in [0.717, 1.165) is 6.42 Å². The van der Waals surface area contributed by atoms with Crippen LogP contribution in [0.2, 0.25) is 0 Å². The first-order chi connectivity index (χ1) is 10.1. The minimum atomic E-state index is -0.869. The van der Waals surface area contributed by atoms with E-state index < -0.39 is 5.54 Å². The topological polar surface area (TPSA) is 77.6 Å². The molecular formula is C14H18N4O3. The van der Waals surface area contributed by atoms with E-state index >= 15 is 0 Å². The molecule has 1 fully saturated rings. The van der Waals surface area contributed by atoms with Crippen molar-refractivity contribution < 1.29 is 14.3 Å². The fraction of sp³-hybridized carbons (Fsp3) is 0.500. The Labute approximate surface area is 121 Å². The van der Waals surface area contributed by atoms with Gasteiger partial charge in [0, 0.05) is 19.4 Å². The summed E-state index contributed by atoms with van der Waals surface area (Å²) < 4.78 is 8.53. The Kier molecular flexibility index (Phi) is 3.19. The highest BCUT2D eigenvalue weighted by atomic mass is 16.5. The van der Waals surface area contributed by atoms with E-state index in [2.05, 4.69) is 10.4 Å². The van der Waals surface area contributed by atoms with Gasteiger partial charge in [-0.05, 0) is 26.2 Å². The van der Waals surface area contributed by atoms with E-state index in [9.17, 15) is 9.59 Å². The van der Waals surface area contributed by atoms with Crippen molar-refractivity contribution in [3.05, 3.63) is 24.2 Å². The van der Waals surface area contributed by atoms with Crippen molar-refractivity contribution in [2.45, 2.75) is 31.7 Å². The SMILES string of the molecule is CCOC(=O)C1(NC(=O)c2cnn3ccn(C)c23)CCC1. The minimum Gasteiger partial charge on any atom is -0.464 e. The second kappa shape index (κ2) is 4.91. The second-order valence-electron chi connectivity index (χ2n) is 5.35. The number of nitrogens with zero attached hydrogens (tertiary/aromatic N) is 3. The predicted molar refractivity (Wildman–Crippen MR) is 74.8 cm³/mol. The molecule has 2 heterocycles. The molecule has 0 aromatic carbocycles. The summed E-state index contributed by atoms with van der Waals surface area (Å²) >= 11 is 0. The Morgan fingerprint density at radius 2 is 2.19 bits per heavy atom. The number of rotatable bonds is 4. The van der Waals surface area contributed by atoms with Crippen LogP contribution in [0.5, 0.6) is 0 Å². The Morgan fingerprint density at radius 3 is 2.81 bits per heavy atom. The van der Waals surface area contributed by atoms with Gasteiger partial charge in [0.2, 0.25) is 0 Å². The van der Waals surface area contributed by atoms with Crippen molar-refractivity contribution in [2.75, 3.05) is 6.61 Å². The molecule has 112 valence electrons. The van der Waals surface area contributed by atoms with Gasteiger partial charge < -0.3 is 14.6 Å². The molecule has 0 saturated heterocycles. The summed E-state index contributed by atoms with van der Waals surface area (Å²) in [6.45, 7) is 2.07. The molecule has 0 spiro atoms. The standard InChI is InChI=1S/C14H18N4O3/c1-3-21-13(20)14(5-4-6-14)16-11(19)10-9-15-18-8-7-17(2)12(10)18/h7-9H,3-6H2,1-2H3,(H,16,19). The van der Waals surface area contributed by atoms with Gasteiger partial charge >= 0.3 is 5.97 Å². The average molecular weight is 290 g/mol. The van der Waals surface area contributed by atoms with Crippen molar-refractivity contribution in [1.29, 1.82) is 0 Å². The lowest BCUT2D eigenvalue weighted by molar-refractivity contribution is -0.154. The third kappa shape index (κ3) is 2.09. The molecule has 1 N–H and O–H groups in total. The van der Waals surface area contributed by atoms with Crippen molar-refractivity contribution in [1.82, 2.24) is 19.5 Å². The number of carbonyl (C=O) groups is 2. The van der Waals surface area contributed by atoms with Crippen molar-refractivity contribution in [3.63, 3.8) is 0 Å². The van der Waals surface area contributed by atoms with Crippen LogP contribution in [0.15, 0.2) is 18.6 Å². The molecule has 1 aliphatic rings. The number of hydrogen-bond acceptors (Lipinski definition) is 4. The van der Waals surface area contributed by atoms with Crippen molar-refractivity contribution in [3.8, 4) is 0 Å². The average Bonchev–Trinajstić information content (AvgIpc) is 2.97. The van der Waals surface area contributed by atoms with Gasteiger partial charge in [0.25, 0.3) is 5.91 Å². The van der Waals surface area contributed by atoms with E-state index in [1.807, 2.05) is 17.8 Å². The normalized spacial score (nSPS) is 16.5. The third-order valence-corrected chi connectivity index (χ3v) is 4.01. The van der Waals surface area contributed by atoms with Gasteiger partial charge in [0.15, 0.2) is 0 Å². The lowest BCUT2D eigenvalue weighted by Gasteiger charge is -2.39. The van der Waals surface area contributed by atoms with Gasteiger partial charge in [-0.3, -0.25) is 4.79 Å². The number of imidazole rings is 1. The van der Waals surface area contributed by atoms with Crippen LogP contribution in [-0.2, 0) is 16.6 Å². The summed E-state index contributed by atoms with van der Waals surface area (Å²) in [4.78, 5) is 24.6. The van der Waals surface area contributed by atoms with Crippen molar-refractivity contribution in [2.24, 2.45) is 7.05 Å². The Balaban J connectivity index is 1.85. The van der Waals surface area contributed by atoms with Gasteiger partial charge in [-0.15, -0.1) is 0 Å². The molecule has 0 radical (unpaired) electrons. The van der Waals surface area contributed by atoms with Crippen LogP contribution in [0.25, 0.3) is 5.65 Å². The van der Waals surface area contributed by atoms with Crippen LogP contribution < -0.4 is 5.32 Å². The quantitative estimate of drug-likeness (QED) is 0.848. The van der Waals surface area contributed by atoms with E-state index in [0.29, 0.717) is 30.7 Å². The van der Waals surface area contributed by atoms with Crippen LogP contribution in [0, 0.1) is 0 Å². The smallest absolute Gasteiger partial charge is 0.331 e. The fourth-order valence-electron chi connectivity index (χ4n) is 2.67. The van der Waals surface area contributed by atoms with Crippen LogP contribution in [0.3, 0.4) is 0 Å². The van der Waals surface area contributed by atoms with Crippen molar-refractivity contribution >= 4 is 17.5 Å². The van der Waals surface area contributed by atoms with E-state index in [1.165, 1.54) is 6.20 Å². The van der Waals surface area contributed by atoms with E-state index in [4.69, 9.17) is 4.74 Å². The molecule has 7 nitrogen and oxygen atoms in total. The van der Waals surface area contributed by atoms with Gasteiger partial charge in [0.05, 0.1) is 12.8 Å². The molecule has 1 amide bonds. The van der Waals surface area contributed by atoms with Gasteiger partial charge in [-0.25, -0.2) is 9.31 Å². The van der Waals surface area contributed by atoms with Gasteiger partial charge in [-0.1, -0.05) is 0 Å². The monoisotopic (exact) mass is 290 g/mol. The molecule has 7 heteroatoms. The van der Waals surface area contributed by atoms with Crippen LogP contribution in [0.1, 0.15) is 36.5 Å². The molecule has 2 aromatic heterocycles. The summed E-state index contributed by atoms with van der Waals surface area (Å²) in [6, 6.07) is 0. The molecular weight excluding hydrogens is 272 g/mol. The largest absolute Gasteiger partial charge is 0.464 e. The summed E-state index contributed by atoms with van der Waals surface area (Å²) in [5.41, 5.74) is 0.288. The number of aryl methyl sites for hydroxylation is 1. The molecule has 2 aromatic rings. The Hall–Kier alpha value is -2.31. The molecule has 0 unspecified atom stereocenters. The van der Waals surface area contributed by atoms with E-state index in [-0.39, 0.29) is 11.9 Å². The van der Waals surface area contributed by atoms with Gasteiger partial charge in [0.1, 0.15) is 16.7 Å². The fourth-order valence-corrected chi connectivity index (χ4v) is 2.67. The molecule has 1 saturated carbocycles. The maximum atomic E-state index is 12.5. The zero-order valence-corrected chi connectivity index (χ0v) is 12.1. The highest BCUT2D eigenvalue weighted by molar-refractivity contribution is 6.02.